The Morgan fingerprint density at radius 1 is 1.26 bits per heavy atom. The van der Waals surface area contributed by atoms with E-state index in [0.29, 0.717) is 26.7 Å². The van der Waals surface area contributed by atoms with Gasteiger partial charge in [0.05, 0.1) is 10.0 Å². The highest BCUT2D eigenvalue weighted by Crippen LogP contribution is 2.34. The van der Waals surface area contributed by atoms with Gasteiger partial charge in [-0.25, -0.2) is 9.66 Å². The standard InChI is InChI=1S/C16H15Cl2N3O2/c1-4-9-7(2)12(16(22)21(19)8(9)3)15-20-13-10(17)5-6-11(18)14(13)23-15/h5-6H,4,19H2,1-3H3. The predicted molar refractivity (Wildman–Crippen MR) is 92.7 cm³/mol. The topological polar surface area (TPSA) is 74.0 Å². The lowest BCUT2D eigenvalue weighted by atomic mass is 10.0. The molecule has 0 saturated carbocycles. The summed E-state index contributed by atoms with van der Waals surface area (Å²) in [5.74, 6) is 6.07. The molecule has 0 radical (unpaired) electrons. The molecule has 0 amide bonds. The zero-order valence-corrected chi connectivity index (χ0v) is 14.4. The maximum absolute atomic E-state index is 12.6. The van der Waals surface area contributed by atoms with Gasteiger partial charge in [-0.3, -0.25) is 4.79 Å². The summed E-state index contributed by atoms with van der Waals surface area (Å²) in [5.41, 5.74) is 3.27. The SMILES string of the molecule is CCc1c(C)c(-c2nc3c(Cl)ccc(Cl)c3o2)c(=O)n(N)c1C. The Bertz CT molecular complexity index is 950. The number of pyridine rings is 1. The van der Waals surface area contributed by atoms with Crippen LogP contribution in [0.15, 0.2) is 21.3 Å². The third-order valence-corrected chi connectivity index (χ3v) is 4.67. The van der Waals surface area contributed by atoms with Crippen molar-refractivity contribution < 1.29 is 4.42 Å². The first-order chi connectivity index (χ1) is 10.9. The van der Waals surface area contributed by atoms with Crippen LogP contribution < -0.4 is 11.4 Å². The smallest absolute Gasteiger partial charge is 0.281 e. The van der Waals surface area contributed by atoms with Crippen molar-refractivity contribution in [3.63, 3.8) is 0 Å². The Balaban J connectivity index is 2.40. The number of oxazole rings is 1. The van der Waals surface area contributed by atoms with E-state index in [1.54, 1.807) is 12.1 Å². The summed E-state index contributed by atoms with van der Waals surface area (Å²) in [6, 6.07) is 3.26. The summed E-state index contributed by atoms with van der Waals surface area (Å²) in [7, 11) is 0. The Kier molecular flexibility index (Phi) is 3.86. The van der Waals surface area contributed by atoms with E-state index < -0.39 is 0 Å². The minimum atomic E-state index is -0.365. The molecule has 0 spiro atoms. The lowest BCUT2D eigenvalue weighted by Gasteiger charge is -2.14. The Labute approximate surface area is 142 Å². The highest BCUT2D eigenvalue weighted by atomic mass is 35.5. The summed E-state index contributed by atoms with van der Waals surface area (Å²) < 4.78 is 6.85. The first-order valence-electron chi connectivity index (χ1n) is 7.11. The van der Waals surface area contributed by atoms with E-state index in [2.05, 4.69) is 4.98 Å². The Morgan fingerprint density at radius 2 is 1.91 bits per heavy atom. The third kappa shape index (κ3) is 2.31. The van der Waals surface area contributed by atoms with Gasteiger partial charge in [0, 0.05) is 5.69 Å². The fraction of sp³-hybridized carbons (Fsp3) is 0.250. The summed E-state index contributed by atoms with van der Waals surface area (Å²) in [4.78, 5) is 17.0. The molecule has 2 aromatic heterocycles. The number of aromatic nitrogens is 2. The fourth-order valence-electron chi connectivity index (χ4n) is 2.83. The highest BCUT2D eigenvalue weighted by Gasteiger charge is 2.22. The summed E-state index contributed by atoms with van der Waals surface area (Å²) >= 11 is 12.3. The van der Waals surface area contributed by atoms with Crippen molar-refractivity contribution >= 4 is 34.3 Å². The number of nitrogens with zero attached hydrogens (tertiary/aromatic N) is 2. The lowest BCUT2D eigenvalue weighted by Crippen LogP contribution is -2.32. The molecule has 1 aromatic carbocycles. The largest absolute Gasteiger partial charge is 0.434 e. The van der Waals surface area contributed by atoms with Gasteiger partial charge in [-0.15, -0.1) is 0 Å². The van der Waals surface area contributed by atoms with Crippen LogP contribution in [0.5, 0.6) is 0 Å². The zero-order chi connectivity index (χ0) is 16.9. The molecule has 2 N–H and O–H groups in total. The molecule has 0 saturated heterocycles. The van der Waals surface area contributed by atoms with Gasteiger partial charge in [-0.1, -0.05) is 30.1 Å². The number of halogens is 2. The molecule has 0 fully saturated rings. The minimum Gasteiger partial charge on any atom is -0.434 e. The molecule has 0 aliphatic rings. The van der Waals surface area contributed by atoms with E-state index in [9.17, 15) is 4.79 Å². The fourth-order valence-corrected chi connectivity index (χ4v) is 3.21. The molecule has 23 heavy (non-hydrogen) atoms. The summed E-state index contributed by atoms with van der Waals surface area (Å²) in [5, 5.41) is 0.796. The molecule has 0 bridgehead atoms. The molecule has 0 aliphatic carbocycles. The van der Waals surface area contributed by atoms with Crippen LogP contribution in [0.3, 0.4) is 0 Å². The van der Waals surface area contributed by atoms with E-state index >= 15 is 0 Å². The second-order valence-corrected chi connectivity index (χ2v) is 6.13. The van der Waals surface area contributed by atoms with Crippen LogP contribution in [0.1, 0.15) is 23.7 Å². The van der Waals surface area contributed by atoms with Crippen molar-refractivity contribution in [2.24, 2.45) is 0 Å². The highest BCUT2D eigenvalue weighted by molar-refractivity contribution is 6.39. The van der Waals surface area contributed by atoms with Crippen molar-refractivity contribution in [1.29, 1.82) is 0 Å². The molecule has 0 atom stereocenters. The van der Waals surface area contributed by atoms with Gasteiger partial charge in [-0.05, 0) is 43.5 Å². The van der Waals surface area contributed by atoms with Crippen LogP contribution in [0.4, 0.5) is 0 Å². The number of benzene rings is 1. The number of rotatable bonds is 2. The van der Waals surface area contributed by atoms with Gasteiger partial charge < -0.3 is 10.3 Å². The molecule has 5 nitrogen and oxygen atoms in total. The molecule has 0 unspecified atom stereocenters. The van der Waals surface area contributed by atoms with Crippen LogP contribution >= 0.6 is 23.2 Å². The quantitative estimate of drug-likeness (QED) is 0.711. The van der Waals surface area contributed by atoms with Crippen LogP contribution in [0, 0.1) is 13.8 Å². The average molecular weight is 352 g/mol. The first kappa shape index (κ1) is 15.9. The van der Waals surface area contributed by atoms with Gasteiger partial charge in [0.1, 0.15) is 11.1 Å². The second-order valence-electron chi connectivity index (χ2n) is 5.32. The molecular formula is C16H15Cl2N3O2. The molecule has 3 rings (SSSR count). The summed E-state index contributed by atoms with van der Waals surface area (Å²) in [6.07, 6.45) is 0.740. The Morgan fingerprint density at radius 3 is 2.52 bits per heavy atom. The van der Waals surface area contributed by atoms with Crippen molar-refractivity contribution in [2.45, 2.75) is 27.2 Å². The summed E-state index contributed by atoms with van der Waals surface area (Å²) in [6.45, 7) is 5.68. The van der Waals surface area contributed by atoms with E-state index in [-0.39, 0.29) is 11.4 Å². The normalized spacial score (nSPS) is 11.3. The van der Waals surface area contributed by atoms with Crippen LogP contribution in [-0.4, -0.2) is 9.66 Å². The lowest BCUT2D eigenvalue weighted by molar-refractivity contribution is 0.616. The van der Waals surface area contributed by atoms with Gasteiger partial charge >= 0.3 is 0 Å². The van der Waals surface area contributed by atoms with E-state index in [0.717, 1.165) is 27.9 Å². The van der Waals surface area contributed by atoms with Crippen molar-refractivity contribution in [3.8, 4) is 11.5 Å². The maximum Gasteiger partial charge on any atom is 0.281 e. The van der Waals surface area contributed by atoms with E-state index in [4.69, 9.17) is 33.5 Å². The predicted octanol–water partition coefficient (Wildman–Crippen LogP) is 3.86. The molecule has 2 heterocycles. The zero-order valence-electron chi connectivity index (χ0n) is 12.9. The first-order valence-corrected chi connectivity index (χ1v) is 7.87. The van der Waals surface area contributed by atoms with Gasteiger partial charge in [-0.2, -0.15) is 0 Å². The molecule has 3 aromatic rings. The second kappa shape index (κ2) is 5.58. The number of hydrogen-bond acceptors (Lipinski definition) is 4. The van der Waals surface area contributed by atoms with Crippen LogP contribution in [-0.2, 0) is 6.42 Å². The molecule has 0 aliphatic heterocycles. The monoisotopic (exact) mass is 351 g/mol. The average Bonchev–Trinajstić information content (AvgIpc) is 2.96. The van der Waals surface area contributed by atoms with Crippen molar-refractivity contribution in [3.05, 3.63) is 49.4 Å². The molecule has 7 heteroatoms. The van der Waals surface area contributed by atoms with Crippen LogP contribution in [0.25, 0.3) is 22.6 Å². The van der Waals surface area contributed by atoms with Crippen molar-refractivity contribution in [1.82, 2.24) is 9.66 Å². The number of nitrogen functional groups attached to an aromatic ring is 1. The maximum atomic E-state index is 12.6. The minimum absolute atomic E-state index is 0.173. The van der Waals surface area contributed by atoms with Crippen molar-refractivity contribution in [2.75, 3.05) is 5.84 Å². The van der Waals surface area contributed by atoms with Crippen LogP contribution in [0.2, 0.25) is 10.0 Å². The van der Waals surface area contributed by atoms with Gasteiger partial charge in [0.15, 0.2) is 5.58 Å². The molecular weight excluding hydrogens is 337 g/mol. The molecule has 120 valence electrons. The number of nitrogens with two attached hydrogens (primary N) is 1. The number of hydrogen-bond donors (Lipinski definition) is 1. The van der Waals surface area contributed by atoms with Gasteiger partial charge in [0.2, 0.25) is 5.89 Å². The Hall–Kier alpha value is -1.98. The van der Waals surface area contributed by atoms with Gasteiger partial charge in [0.25, 0.3) is 5.56 Å². The number of fused-ring (bicyclic) bond motifs is 1. The van der Waals surface area contributed by atoms with E-state index in [1.165, 1.54) is 0 Å². The third-order valence-electron chi connectivity index (χ3n) is 4.07. The van der Waals surface area contributed by atoms with E-state index in [1.807, 2.05) is 20.8 Å².